The normalized spacial score (nSPS) is 22.4. The lowest BCUT2D eigenvalue weighted by Crippen LogP contribution is -2.45. The van der Waals surface area contributed by atoms with Crippen molar-refractivity contribution >= 4 is 15.8 Å². The molecule has 7 heteroatoms. The Bertz CT molecular complexity index is 544. The van der Waals surface area contributed by atoms with Gasteiger partial charge in [0.1, 0.15) is 9.84 Å². The number of rotatable bonds is 9. The summed E-state index contributed by atoms with van der Waals surface area (Å²) in [6.07, 6.45) is 10.1. The van der Waals surface area contributed by atoms with E-state index in [-0.39, 0.29) is 23.2 Å². The van der Waals surface area contributed by atoms with Crippen molar-refractivity contribution in [2.75, 3.05) is 38.2 Å². The summed E-state index contributed by atoms with van der Waals surface area (Å²) in [7, 11) is -2.96. The summed E-state index contributed by atoms with van der Waals surface area (Å²) < 4.78 is 23.2. The summed E-state index contributed by atoms with van der Waals surface area (Å²) in [6.45, 7) is 4.41. The van der Waals surface area contributed by atoms with Crippen LogP contribution in [0.1, 0.15) is 58.3 Å². The van der Waals surface area contributed by atoms with Crippen molar-refractivity contribution in [1.29, 1.82) is 0 Å². The zero-order chi connectivity index (χ0) is 18.4. The molecule has 0 atom stereocenters. The minimum Gasteiger partial charge on any atom is -0.396 e. The SMILES string of the molecule is CCNC(=NCC1(CS(C)(=O)=O)CC1)NCC1(CCO)CCCCC1. The first-order valence-electron chi connectivity index (χ1n) is 9.63. The first kappa shape index (κ1) is 20.5. The van der Waals surface area contributed by atoms with E-state index < -0.39 is 9.84 Å². The minimum atomic E-state index is -2.96. The van der Waals surface area contributed by atoms with Gasteiger partial charge in [-0.3, -0.25) is 4.99 Å². The molecule has 0 aromatic rings. The van der Waals surface area contributed by atoms with Crippen molar-refractivity contribution < 1.29 is 13.5 Å². The smallest absolute Gasteiger partial charge is 0.191 e. The summed E-state index contributed by atoms with van der Waals surface area (Å²) in [4.78, 5) is 4.67. The molecule has 0 unspecified atom stereocenters. The molecule has 0 aliphatic heterocycles. The van der Waals surface area contributed by atoms with Crippen LogP contribution >= 0.6 is 0 Å². The van der Waals surface area contributed by atoms with Crippen LogP contribution in [0, 0.1) is 10.8 Å². The molecule has 3 N–H and O–H groups in total. The Morgan fingerprint density at radius 3 is 2.28 bits per heavy atom. The van der Waals surface area contributed by atoms with Crippen molar-refractivity contribution in [3.8, 4) is 0 Å². The van der Waals surface area contributed by atoms with Crippen molar-refractivity contribution in [1.82, 2.24) is 10.6 Å². The molecule has 0 saturated heterocycles. The molecule has 2 rings (SSSR count). The quantitative estimate of drug-likeness (QED) is 0.423. The maximum atomic E-state index is 11.6. The molecule has 0 aromatic heterocycles. The van der Waals surface area contributed by atoms with E-state index in [9.17, 15) is 13.5 Å². The molecule has 6 nitrogen and oxygen atoms in total. The van der Waals surface area contributed by atoms with E-state index in [1.54, 1.807) is 0 Å². The van der Waals surface area contributed by atoms with Gasteiger partial charge in [-0.2, -0.15) is 0 Å². The van der Waals surface area contributed by atoms with Gasteiger partial charge in [-0.25, -0.2) is 8.42 Å². The van der Waals surface area contributed by atoms with Crippen LogP contribution in [0.3, 0.4) is 0 Å². The van der Waals surface area contributed by atoms with E-state index in [0.29, 0.717) is 6.54 Å². The summed E-state index contributed by atoms with van der Waals surface area (Å²) in [5.41, 5.74) is 0.0107. The fourth-order valence-corrected chi connectivity index (χ4v) is 5.49. The fraction of sp³-hybridized carbons (Fsp3) is 0.944. The summed E-state index contributed by atoms with van der Waals surface area (Å²) in [5.74, 6) is 1.00. The van der Waals surface area contributed by atoms with E-state index in [1.807, 2.05) is 6.92 Å². The van der Waals surface area contributed by atoms with Crippen molar-refractivity contribution in [3.05, 3.63) is 0 Å². The Morgan fingerprint density at radius 2 is 1.76 bits per heavy atom. The molecular weight excluding hydrogens is 338 g/mol. The molecule has 0 amide bonds. The predicted octanol–water partition coefficient (Wildman–Crippen LogP) is 1.70. The number of hydrogen-bond donors (Lipinski definition) is 3. The summed E-state index contributed by atoms with van der Waals surface area (Å²) >= 11 is 0. The number of nitrogens with zero attached hydrogens (tertiary/aromatic N) is 1. The summed E-state index contributed by atoms with van der Waals surface area (Å²) in [5, 5.41) is 16.2. The number of hydrogen-bond acceptors (Lipinski definition) is 4. The zero-order valence-corrected chi connectivity index (χ0v) is 16.6. The van der Waals surface area contributed by atoms with Crippen LogP contribution in [0.15, 0.2) is 4.99 Å². The molecule has 0 aromatic carbocycles. The first-order chi connectivity index (χ1) is 11.8. The summed E-state index contributed by atoms with van der Waals surface area (Å²) in [6, 6.07) is 0. The topological polar surface area (TPSA) is 90.8 Å². The van der Waals surface area contributed by atoms with Crippen molar-refractivity contribution in [2.45, 2.75) is 58.3 Å². The molecule has 0 heterocycles. The number of aliphatic hydroxyl groups is 1. The van der Waals surface area contributed by atoms with Gasteiger partial charge >= 0.3 is 0 Å². The molecule has 146 valence electrons. The largest absolute Gasteiger partial charge is 0.396 e. The van der Waals surface area contributed by atoms with Crippen LogP contribution in [-0.2, 0) is 9.84 Å². The van der Waals surface area contributed by atoms with E-state index in [2.05, 4.69) is 15.6 Å². The average molecular weight is 374 g/mol. The Morgan fingerprint density at radius 1 is 1.08 bits per heavy atom. The van der Waals surface area contributed by atoms with E-state index >= 15 is 0 Å². The van der Waals surface area contributed by atoms with Crippen LogP contribution in [0.2, 0.25) is 0 Å². The van der Waals surface area contributed by atoms with E-state index in [0.717, 1.165) is 51.2 Å². The molecule has 0 bridgehead atoms. The maximum Gasteiger partial charge on any atom is 0.191 e. The number of aliphatic imine (C=N–C) groups is 1. The molecule has 0 radical (unpaired) electrons. The number of aliphatic hydroxyl groups excluding tert-OH is 1. The van der Waals surface area contributed by atoms with Gasteiger partial charge in [0, 0.05) is 37.9 Å². The molecule has 2 saturated carbocycles. The monoisotopic (exact) mass is 373 g/mol. The third kappa shape index (κ3) is 6.77. The average Bonchev–Trinajstić information content (AvgIpc) is 3.29. The molecular formula is C18H35N3O3S. The Kier molecular flexibility index (Phi) is 7.14. The van der Waals surface area contributed by atoms with Crippen LogP contribution < -0.4 is 10.6 Å². The van der Waals surface area contributed by atoms with E-state index in [1.165, 1.54) is 25.5 Å². The Balaban J connectivity index is 1.95. The Hall–Kier alpha value is -0.820. The highest BCUT2D eigenvalue weighted by molar-refractivity contribution is 7.90. The van der Waals surface area contributed by atoms with Gasteiger partial charge in [0.15, 0.2) is 5.96 Å². The van der Waals surface area contributed by atoms with Gasteiger partial charge < -0.3 is 15.7 Å². The number of guanidine groups is 1. The number of sulfone groups is 1. The number of nitrogens with one attached hydrogen (secondary N) is 2. The molecule has 2 aliphatic carbocycles. The molecule has 2 aliphatic rings. The van der Waals surface area contributed by atoms with Crippen LogP contribution in [-0.4, -0.2) is 57.7 Å². The first-order valence-corrected chi connectivity index (χ1v) is 11.7. The molecule has 0 spiro atoms. The van der Waals surface area contributed by atoms with Gasteiger partial charge in [0.25, 0.3) is 0 Å². The van der Waals surface area contributed by atoms with E-state index in [4.69, 9.17) is 0 Å². The van der Waals surface area contributed by atoms with Gasteiger partial charge in [-0.1, -0.05) is 19.3 Å². The highest BCUT2D eigenvalue weighted by Gasteiger charge is 2.45. The third-order valence-electron chi connectivity index (χ3n) is 5.63. The van der Waals surface area contributed by atoms with Crippen molar-refractivity contribution in [3.63, 3.8) is 0 Å². The lowest BCUT2D eigenvalue weighted by molar-refractivity contribution is 0.131. The standard InChI is InChI=1S/C18H35N3O3S/c1-3-19-16(21-14-18(9-10-18)15-25(2,23)24)20-13-17(11-12-22)7-5-4-6-8-17/h22H,3-15H2,1-2H3,(H2,19,20,21). The highest BCUT2D eigenvalue weighted by atomic mass is 32.2. The highest BCUT2D eigenvalue weighted by Crippen LogP contribution is 2.47. The van der Waals surface area contributed by atoms with Gasteiger partial charge in [0.05, 0.1) is 5.75 Å². The van der Waals surface area contributed by atoms with Crippen LogP contribution in [0.25, 0.3) is 0 Å². The fourth-order valence-electron chi connectivity index (χ4n) is 3.99. The third-order valence-corrected chi connectivity index (χ3v) is 6.77. The maximum absolute atomic E-state index is 11.6. The van der Waals surface area contributed by atoms with Crippen molar-refractivity contribution in [2.24, 2.45) is 15.8 Å². The Labute approximate surface area is 152 Å². The lowest BCUT2D eigenvalue weighted by Gasteiger charge is -2.37. The molecule has 25 heavy (non-hydrogen) atoms. The lowest BCUT2D eigenvalue weighted by atomic mass is 9.72. The van der Waals surface area contributed by atoms with Gasteiger partial charge in [-0.15, -0.1) is 0 Å². The second kappa shape index (κ2) is 8.71. The van der Waals surface area contributed by atoms with Crippen LogP contribution in [0.5, 0.6) is 0 Å². The second-order valence-electron chi connectivity index (χ2n) is 8.15. The zero-order valence-electron chi connectivity index (χ0n) is 15.8. The van der Waals surface area contributed by atoms with Crippen LogP contribution in [0.4, 0.5) is 0 Å². The molecule has 2 fully saturated rings. The van der Waals surface area contributed by atoms with Gasteiger partial charge in [-0.05, 0) is 44.4 Å². The predicted molar refractivity (Wildman–Crippen MR) is 103 cm³/mol. The minimum absolute atomic E-state index is 0.149. The van der Waals surface area contributed by atoms with Gasteiger partial charge in [0.2, 0.25) is 0 Å². The second-order valence-corrected chi connectivity index (χ2v) is 10.3.